The number of aliphatic carboxylic acids is 1. The first-order valence-corrected chi connectivity index (χ1v) is 6.45. The first kappa shape index (κ1) is 15.0. The van der Waals surface area contributed by atoms with E-state index in [9.17, 15) is 14.3 Å². The number of nitrogens with zero attached hydrogens (tertiary/aromatic N) is 1. The van der Waals surface area contributed by atoms with Crippen LogP contribution in [-0.2, 0) is 4.79 Å². The third-order valence-corrected chi connectivity index (χ3v) is 3.34. The quantitative estimate of drug-likeness (QED) is 0.887. The Balaban J connectivity index is 2.39. The number of carbonyl (C=O) groups is 1. The number of carboxylic acid groups (broad SMARTS) is 1. The van der Waals surface area contributed by atoms with Crippen LogP contribution in [-0.4, -0.2) is 29.3 Å². The lowest BCUT2D eigenvalue weighted by Gasteiger charge is -2.32. The van der Waals surface area contributed by atoms with Gasteiger partial charge in [0.2, 0.25) is 0 Å². The van der Waals surface area contributed by atoms with Crippen molar-refractivity contribution in [2.24, 2.45) is 0 Å². The summed E-state index contributed by atoms with van der Waals surface area (Å²) in [4.78, 5) is 12.8. The van der Waals surface area contributed by atoms with E-state index in [-0.39, 0.29) is 5.82 Å². The fraction of sp³-hybridized carbons (Fsp3) is 0.188. The molecule has 5 heteroatoms. The predicted molar refractivity (Wildman–Crippen MR) is 77.6 cm³/mol. The molecule has 2 rings (SSSR count). The summed E-state index contributed by atoms with van der Waals surface area (Å²) in [7, 11) is 1.66. The number of carboxylic acids is 1. The molecule has 0 bridgehead atoms. The van der Waals surface area contributed by atoms with Gasteiger partial charge in [0.05, 0.1) is 6.04 Å². The van der Waals surface area contributed by atoms with Gasteiger partial charge in [-0.2, -0.15) is 0 Å². The van der Waals surface area contributed by atoms with E-state index in [4.69, 9.17) is 5.11 Å². The van der Waals surface area contributed by atoms with E-state index in [1.165, 1.54) is 12.1 Å². The molecule has 0 heterocycles. The van der Waals surface area contributed by atoms with Crippen LogP contribution in [0.4, 0.5) is 10.1 Å². The Hall–Kier alpha value is -2.40. The van der Waals surface area contributed by atoms with Crippen LogP contribution >= 0.6 is 0 Å². The fourth-order valence-electron chi connectivity index (χ4n) is 2.24. The molecule has 0 aromatic heterocycles. The lowest BCUT2D eigenvalue weighted by atomic mass is 9.99. The number of aliphatic hydroxyl groups is 1. The smallest absolute Gasteiger partial charge is 0.335 e. The number of halogens is 1. The average Bonchev–Trinajstić information content (AvgIpc) is 2.49. The van der Waals surface area contributed by atoms with Crippen LogP contribution in [0.1, 0.15) is 11.6 Å². The van der Waals surface area contributed by atoms with Crippen molar-refractivity contribution in [3.8, 4) is 0 Å². The van der Waals surface area contributed by atoms with Crippen LogP contribution in [0.3, 0.4) is 0 Å². The number of benzene rings is 2. The number of likely N-dealkylation sites (N-methyl/N-ethyl adjacent to an activating group) is 1. The van der Waals surface area contributed by atoms with E-state index in [0.717, 1.165) is 0 Å². The molecule has 0 aliphatic rings. The molecular weight excluding hydrogens is 273 g/mol. The molecule has 0 aliphatic heterocycles. The summed E-state index contributed by atoms with van der Waals surface area (Å²) in [5, 5.41) is 19.1. The number of anilines is 1. The third kappa shape index (κ3) is 3.38. The van der Waals surface area contributed by atoms with Gasteiger partial charge >= 0.3 is 5.97 Å². The largest absolute Gasteiger partial charge is 0.479 e. The highest BCUT2D eigenvalue weighted by molar-refractivity contribution is 5.74. The summed E-state index contributed by atoms with van der Waals surface area (Å²) in [6.45, 7) is 0. The van der Waals surface area contributed by atoms with Crippen molar-refractivity contribution in [1.29, 1.82) is 0 Å². The molecular formula is C16H16FNO3. The summed E-state index contributed by atoms with van der Waals surface area (Å²) in [5.41, 5.74) is 1.28. The van der Waals surface area contributed by atoms with Crippen molar-refractivity contribution in [2.45, 2.75) is 12.1 Å². The minimum Gasteiger partial charge on any atom is -0.479 e. The van der Waals surface area contributed by atoms with Crippen molar-refractivity contribution >= 4 is 11.7 Å². The first-order chi connectivity index (χ1) is 10.0. The second-order valence-corrected chi connectivity index (χ2v) is 4.73. The van der Waals surface area contributed by atoms with Gasteiger partial charge in [-0.05, 0) is 29.8 Å². The molecule has 2 unspecified atom stereocenters. The van der Waals surface area contributed by atoms with Gasteiger partial charge < -0.3 is 15.1 Å². The van der Waals surface area contributed by atoms with Gasteiger partial charge in [-0.15, -0.1) is 0 Å². The molecule has 0 saturated carbocycles. The van der Waals surface area contributed by atoms with Gasteiger partial charge in [0.15, 0.2) is 6.10 Å². The van der Waals surface area contributed by atoms with E-state index in [0.29, 0.717) is 11.3 Å². The van der Waals surface area contributed by atoms with Gasteiger partial charge in [-0.1, -0.05) is 30.3 Å². The molecule has 0 saturated heterocycles. The van der Waals surface area contributed by atoms with E-state index < -0.39 is 18.1 Å². The van der Waals surface area contributed by atoms with Crippen LogP contribution in [0.25, 0.3) is 0 Å². The first-order valence-electron chi connectivity index (χ1n) is 6.45. The molecule has 2 N–H and O–H groups in total. The molecule has 0 radical (unpaired) electrons. The van der Waals surface area contributed by atoms with Crippen molar-refractivity contribution in [1.82, 2.24) is 0 Å². The van der Waals surface area contributed by atoms with E-state index >= 15 is 0 Å². The maximum absolute atomic E-state index is 13.0. The monoisotopic (exact) mass is 289 g/mol. The minimum absolute atomic E-state index is 0.373. The molecule has 21 heavy (non-hydrogen) atoms. The predicted octanol–water partition coefficient (Wildman–Crippen LogP) is 2.45. The maximum atomic E-state index is 13.0. The highest BCUT2D eigenvalue weighted by Crippen LogP contribution is 2.28. The summed E-state index contributed by atoms with van der Waals surface area (Å²) in [5.74, 6) is -1.68. The topological polar surface area (TPSA) is 60.8 Å². The highest BCUT2D eigenvalue weighted by atomic mass is 19.1. The highest BCUT2D eigenvalue weighted by Gasteiger charge is 2.31. The number of rotatable bonds is 5. The zero-order valence-electron chi connectivity index (χ0n) is 11.5. The van der Waals surface area contributed by atoms with Crippen molar-refractivity contribution in [3.05, 3.63) is 66.0 Å². The summed E-state index contributed by atoms with van der Waals surface area (Å²) >= 11 is 0. The Kier molecular flexibility index (Phi) is 4.55. The van der Waals surface area contributed by atoms with E-state index in [1.807, 2.05) is 6.07 Å². The second-order valence-electron chi connectivity index (χ2n) is 4.73. The van der Waals surface area contributed by atoms with Gasteiger partial charge in [0, 0.05) is 12.7 Å². The summed E-state index contributed by atoms with van der Waals surface area (Å²) in [6, 6.07) is 13.8. The molecule has 2 aromatic carbocycles. The molecule has 2 atom stereocenters. The van der Waals surface area contributed by atoms with Crippen molar-refractivity contribution in [3.63, 3.8) is 0 Å². The lowest BCUT2D eigenvalue weighted by Crippen LogP contribution is -2.38. The van der Waals surface area contributed by atoms with Gasteiger partial charge in [0.1, 0.15) is 5.82 Å². The minimum atomic E-state index is -1.59. The SMILES string of the molecule is CN(c1ccc(F)cc1)C(c1ccccc1)C(O)C(=O)O. The molecule has 2 aromatic rings. The Labute approximate surface area is 122 Å². The Morgan fingerprint density at radius 3 is 2.19 bits per heavy atom. The summed E-state index contributed by atoms with van der Waals surface area (Å²) in [6.07, 6.45) is -1.59. The van der Waals surface area contributed by atoms with Crippen molar-refractivity contribution in [2.75, 3.05) is 11.9 Å². The Morgan fingerprint density at radius 2 is 1.67 bits per heavy atom. The third-order valence-electron chi connectivity index (χ3n) is 3.34. The molecule has 110 valence electrons. The molecule has 4 nitrogen and oxygen atoms in total. The molecule has 0 aliphatic carbocycles. The Morgan fingerprint density at radius 1 is 1.10 bits per heavy atom. The van der Waals surface area contributed by atoms with Gasteiger partial charge in [0.25, 0.3) is 0 Å². The van der Waals surface area contributed by atoms with Crippen LogP contribution in [0.15, 0.2) is 54.6 Å². The van der Waals surface area contributed by atoms with Gasteiger partial charge in [-0.25, -0.2) is 9.18 Å². The number of hydrogen-bond donors (Lipinski definition) is 2. The normalized spacial score (nSPS) is 13.5. The second kappa shape index (κ2) is 6.37. The zero-order valence-corrected chi connectivity index (χ0v) is 11.5. The van der Waals surface area contributed by atoms with Gasteiger partial charge in [-0.3, -0.25) is 0 Å². The Bertz CT molecular complexity index is 601. The summed E-state index contributed by atoms with van der Waals surface area (Å²) < 4.78 is 13.0. The van der Waals surface area contributed by atoms with Crippen LogP contribution in [0, 0.1) is 5.82 Å². The fourth-order valence-corrected chi connectivity index (χ4v) is 2.24. The standard InChI is InChI=1S/C16H16FNO3/c1-18(13-9-7-12(17)8-10-13)14(15(19)16(20)21)11-5-3-2-4-6-11/h2-10,14-15,19H,1H3,(H,20,21). The van der Waals surface area contributed by atoms with Crippen LogP contribution < -0.4 is 4.90 Å². The van der Waals surface area contributed by atoms with Crippen LogP contribution in [0.2, 0.25) is 0 Å². The molecule has 0 amide bonds. The number of hydrogen-bond acceptors (Lipinski definition) is 3. The molecule has 0 fully saturated rings. The molecule has 0 spiro atoms. The maximum Gasteiger partial charge on any atom is 0.335 e. The van der Waals surface area contributed by atoms with E-state index in [2.05, 4.69) is 0 Å². The zero-order chi connectivity index (χ0) is 15.4. The average molecular weight is 289 g/mol. The van der Waals surface area contributed by atoms with Crippen LogP contribution in [0.5, 0.6) is 0 Å². The number of aliphatic hydroxyl groups excluding tert-OH is 1. The van der Waals surface area contributed by atoms with E-state index in [1.54, 1.807) is 48.3 Å². The lowest BCUT2D eigenvalue weighted by molar-refractivity contribution is -0.147. The van der Waals surface area contributed by atoms with Crippen molar-refractivity contribution < 1.29 is 19.4 Å².